The van der Waals surface area contributed by atoms with Crippen molar-refractivity contribution in [3.05, 3.63) is 54.0 Å². The number of primary amides is 1. The lowest BCUT2D eigenvalue weighted by molar-refractivity contribution is -0.146. The first-order valence-electron chi connectivity index (χ1n) is 8.75. The lowest BCUT2D eigenvalue weighted by Gasteiger charge is -2.37. The van der Waals surface area contributed by atoms with Crippen molar-refractivity contribution in [1.82, 2.24) is 14.9 Å². The van der Waals surface area contributed by atoms with Crippen LogP contribution in [0, 0.1) is 5.92 Å². The number of hydrogen-bond acceptors (Lipinski definition) is 5. The van der Waals surface area contributed by atoms with E-state index in [1.165, 1.54) is 18.3 Å². The molecule has 27 heavy (non-hydrogen) atoms. The Bertz CT molecular complexity index is 855. The van der Waals surface area contributed by atoms with Crippen LogP contribution >= 0.6 is 0 Å². The molecule has 0 spiro atoms. The molecule has 3 N–H and O–H groups in total. The zero-order chi connectivity index (χ0) is 19.4. The van der Waals surface area contributed by atoms with Crippen molar-refractivity contribution in [2.24, 2.45) is 11.7 Å². The summed E-state index contributed by atoms with van der Waals surface area (Å²) in [6.07, 6.45) is 4.75. The van der Waals surface area contributed by atoms with Gasteiger partial charge in [-0.2, -0.15) is 0 Å². The Morgan fingerprint density at radius 2 is 1.89 bits per heavy atom. The van der Waals surface area contributed by atoms with Gasteiger partial charge in [0.05, 0.1) is 17.3 Å². The smallest absolute Gasteiger partial charge is 0.315 e. The van der Waals surface area contributed by atoms with Crippen molar-refractivity contribution >= 4 is 23.5 Å². The topological polar surface area (TPSA) is 118 Å². The number of piperidine rings is 1. The Morgan fingerprint density at radius 3 is 2.59 bits per heavy atom. The molecule has 0 aromatic carbocycles. The number of carbonyl (C=O) groups excluding carboxylic acids is 3. The molecule has 3 amide bonds. The molecule has 1 fully saturated rings. The lowest BCUT2D eigenvalue weighted by atomic mass is 9.92. The van der Waals surface area contributed by atoms with Gasteiger partial charge in [0.25, 0.3) is 5.91 Å². The largest absolute Gasteiger partial charge is 0.365 e. The van der Waals surface area contributed by atoms with Crippen molar-refractivity contribution in [3.63, 3.8) is 0 Å². The minimum atomic E-state index is -0.855. The van der Waals surface area contributed by atoms with E-state index in [2.05, 4.69) is 15.3 Å². The Balaban J connectivity index is 1.82. The van der Waals surface area contributed by atoms with Gasteiger partial charge in [0, 0.05) is 18.9 Å². The number of rotatable bonds is 3. The van der Waals surface area contributed by atoms with Gasteiger partial charge in [-0.05, 0) is 43.0 Å². The third kappa shape index (κ3) is 4.11. The normalized spacial score (nSPS) is 19.4. The summed E-state index contributed by atoms with van der Waals surface area (Å²) in [4.78, 5) is 46.7. The monoisotopic (exact) mass is 367 g/mol. The third-order valence-corrected chi connectivity index (χ3v) is 4.61. The number of aromatic nitrogens is 2. The molecule has 2 aromatic heterocycles. The van der Waals surface area contributed by atoms with Crippen LogP contribution in [-0.2, 0) is 9.59 Å². The molecule has 3 rings (SSSR count). The van der Waals surface area contributed by atoms with E-state index in [0.29, 0.717) is 6.54 Å². The van der Waals surface area contributed by atoms with Gasteiger partial charge in [-0.3, -0.25) is 19.4 Å². The summed E-state index contributed by atoms with van der Waals surface area (Å²) in [5, 5.41) is 2.41. The molecular formula is C19H21N5O3. The fourth-order valence-electron chi connectivity index (χ4n) is 3.25. The van der Waals surface area contributed by atoms with Crippen molar-refractivity contribution in [3.8, 4) is 0 Å². The summed E-state index contributed by atoms with van der Waals surface area (Å²) < 4.78 is 0. The van der Waals surface area contributed by atoms with Crippen molar-refractivity contribution in [2.75, 3.05) is 11.9 Å². The van der Waals surface area contributed by atoms with Gasteiger partial charge in [0.2, 0.25) is 0 Å². The Kier molecular flexibility index (Phi) is 5.44. The number of pyridine rings is 2. The average molecular weight is 367 g/mol. The summed E-state index contributed by atoms with van der Waals surface area (Å²) in [5.74, 6) is -2.02. The van der Waals surface area contributed by atoms with Crippen molar-refractivity contribution in [1.29, 1.82) is 0 Å². The van der Waals surface area contributed by atoms with E-state index in [1.54, 1.807) is 17.2 Å². The fourth-order valence-corrected chi connectivity index (χ4v) is 3.25. The van der Waals surface area contributed by atoms with E-state index in [4.69, 9.17) is 5.73 Å². The molecule has 0 unspecified atom stereocenters. The van der Waals surface area contributed by atoms with Crippen LogP contribution in [0.2, 0.25) is 0 Å². The number of anilines is 1. The molecule has 3 heterocycles. The van der Waals surface area contributed by atoms with Gasteiger partial charge in [-0.25, -0.2) is 4.98 Å². The van der Waals surface area contributed by atoms with Crippen LogP contribution < -0.4 is 11.1 Å². The maximum absolute atomic E-state index is 12.9. The van der Waals surface area contributed by atoms with Gasteiger partial charge in [-0.1, -0.05) is 13.0 Å². The average Bonchev–Trinajstić information content (AvgIpc) is 2.68. The predicted octanol–water partition coefficient (Wildman–Crippen LogP) is 1.51. The molecule has 140 valence electrons. The Labute approximate surface area is 156 Å². The molecule has 1 saturated heterocycles. The van der Waals surface area contributed by atoms with Gasteiger partial charge in [0.15, 0.2) is 0 Å². The first kappa shape index (κ1) is 18.5. The van der Waals surface area contributed by atoms with E-state index in [-0.39, 0.29) is 23.3 Å². The SMILES string of the molecule is C[C@H]1CC[C@H](c2ccccn2)N(C(=O)C(=O)Nc2ncccc2C(N)=O)C1. The summed E-state index contributed by atoms with van der Waals surface area (Å²) in [6, 6.07) is 8.22. The Hall–Kier alpha value is -3.29. The van der Waals surface area contributed by atoms with E-state index >= 15 is 0 Å². The summed E-state index contributed by atoms with van der Waals surface area (Å²) in [7, 11) is 0. The molecular weight excluding hydrogens is 346 g/mol. The maximum Gasteiger partial charge on any atom is 0.315 e. The summed E-state index contributed by atoms with van der Waals surface area (Å²) >= 11 is 0. The van der Waals surface area contributed by atoms with E-state index in [0.717, 1.165) is 18.5 Å². The Morgan fingerprint density at radius 1 is 1.11 bits per heavy atom. The van der Waals surface area contributed by atoms with E-state index in [1.807, 2.05) is 19.1 Å². The highest BCUT2D eigenvalue weighted by molar-refractivity contribution is 6.39. The second-order valence-electron chi connectivity index (χ2n) is 6.63. The van der Waals surface area contributed by atoms with E-state index in [9.17, 15) is 14.4 Å². The van der Waals surface area contributed by atoms with Crippen molar-refractivity contribution in [2.45, 2.75) is 25.8 Å². The molecule has 1 aliphatic rings. The highest BCUT2D eigenvalue weighted by Gasteiger charge is 2.35. The third-order valence-electron chi connectivity index (χ3n) is 4.61. The van der Waals surface area contributed by atoms with Gasteiger partial charge in [-0.15, -0.1) is 0 Å². The van der Waals surface area contributed by atoms with Crippen LogP contribution in [0.3, 0.4) is 0 Å². The molecule has 2 atom stereocenters. The number of amides is 3. The van der Waals surface area contributed by atoms with Crippen molar-refractivity contribution < 1.29 is 14.4 Å². The maximum atomic E-state index is 12.9. The van der Waals surface area contributed by atoms with E-state index < -0.39 is 17.7 Å². The summed E-state index contributed by atoms with van der Waals surface area (Å²) in [6.45, 7) is 2.50. The minimum absolute atomic E-state index is 0.0252. The van der Waals surface area contributed by atoms with Crippen LogP contribution in [0.25, 0.3) is 0 Å². The molecule has 8 nitrogen and oxygen atoms in total. The zero-order valence-electron chi connectivity index (χ0n) is 15.0. The molecule has 0 aliphatic carbocycles. The molecule has 2 aromatic rings. The first-order chi connectivity index (χ1) is 13.0. The summed E-state index contributed by atoms with van der Waals surface area (Å²) in [5.41, 5.74) is 6.09. The van der Waals surface area contributed by atoms with Gasteiger partial charge < -0.3 is 16.0 Å². The number of nitrogens with one attached hydrogen (secondary N) is 1. The van der Waals surface area contributed by atoms with Crippen LogP contribution in [0.15, 0.2) is 42.7 Å². The molecule has 1 aliphatic heterocycles. The molecule has 0 saturated carbocycles. The number of hydrogen-bond donors (Lipinski definition) is 2. The highest BCUT2D eigenvalue weighted by atomic mass is 16.2. The lowest BCUT2D eigenvalue weighted by Crippen LogP contribution is -2.46. The molecule has 0 radical (unpaired) electrons. The van der Waals surface area contributed by atoms with Crippen LogP contribution in [0.1, 0.15) is 41.9 Å². The van der Waals surface area contributed by atoms with Crippen LogP contribution in [0.5, 0.6) is 0 Å². The number of likely N-dealkylation sites (tertiary alicyclic amines) is 1. The molecule has 8 heteroatoms. The fraction of sp³-hybridized carbons (Fsp3) is 0.316. The predicted molar refractivity (Wildman–Crippen MR) is 98.5 cm³/mol. The second kappa shape index (κ2) is 7.94. The quantitative estimate of drug-likeness (QED) is 0.797. The van der Waals surface area contributed by atoms with Gasteiger partial charge >= 0.3 is 11.8 Å². The minimum Gasteiger partial charge on any atom is -0.365 e. The second-order valence-corrected chi connectivity index (χ2v) is 6.63. The van der Waals surface area contributed by atoms with Crippen LogP contribution in [-0.4, -0.2) is 39.1 Å². The standard InChI is InChI=1S/C19H21N5O3/c1-12-7-8-15(14-6-2-3-9-21-14)24(11-12)19(27)18(26)23-17-13(16(20)25)5-4-10-22-17/h2-6,9-10,12,15H,7-8,11H2,1H3,(H2,20,25)(H,22,23,26)/t12-,15+/m0/s1. The number of carbonyl (C=O) groups is 3. The van der Waals surface area contributed by atoms with Crippen LogP contribution in [0.4, 0.5) is 5.82 Å². The van der Waals surface area contributed by atoms with Gasteiger partial charge in [0.1, 0.15) is 5.82 Å². The zero-order valence-corrected chi connectivity index (χ0v) is 15.0. The number of nitrogens with zero attached hydrogens (tertiary/aromatic N) is 3. The first-order valence-corrected chi connectivity index (χ1v) is 8.75. The number of nitrogens with two attached hydrogens (primary N) is 1. The highest BCUT2D eigenvalue weighted by Crippen LogP contribution is 2.32. The molecule has 0 bridgehead atoms.